The maximum atomic E-state index is 12.4. The molecule has 1 aromatic rings. The Bertz CT molecular complexity index is 457. The van der Waals surface area contributed by atoms with Crippen molar-refractivity contribution in [1.82, 2.24) is 15.0 Å². The first-order chi connectivity index (χ1) is 9.74. The third-order valence-corrected chi connectivity index (χ3v) is 4.63. The number of nitrogens with zero attached hydrogens (tertiary/aromatic N) is 3. The number of hydrogen-bond donors (Lipinski definition) is 0. The molecule has 1 saturated heterocycles. The van der Waals surface area contributed by atoms with Crippen LogP contribution in [-0.2, 0) is 11.3 Å². The van der Waals surface area contributed by atoms with Gasteiger partial charge in [0.05, 0.1) is 6.20 Å². The molecule has 5 nitrogen and oxygen atoms in total. The number of carbonyl (C=O) groups excluding carboxylic acids is 1. The van der Waals surface area contributed by atoms with Gasteiger partial charge in [-0.1, -0.05) is 18.0 Å². The normalized spacial score (nSPS) is 21.6. The maximum Gasteiger partial charge on any atom is 0.225 e. The highest BCUT2D eigenvalue weighted by molar-refractivity contribution is 5.79. The van der Waals surface area contributed by atoms with Crippen molar-refractivity contribution in [3.05, 3.63) is 17.5 Å². The van der Waals surface area contributed by atoms with Gasteiger partial charge in [-0.3, -0.25) is 9.69 Å². The van der Waals surface area contributed by atoms with Gasteiger partial charge in [0.2, 0.25) is 5.91 Å². The van der Waals surface area contributed by atoms with Crippen molar-refractivity contribution < 1.29 is 9.32 Å². The average Bonchev–Trinajstić information content (AvgIpc) is 3.12. The summed E-state index contributed by atoms with van der Waals surface area (Å²) < 4.78 is 5.09. The molecule has 1 aromatic heterocycles. The fourth-order valence-electron chi connectivity index (χ4n) is 3.27. The van der Waals surface area contributed by atoms with Crippen LogP contribution in [0.2, 0.25) is 0 Å². The number of aryl methyl sites for hydroxylation is 1. The Balaban J connectivity index is 1.49. The van der Waals surface area contributed by atoms with Crippen molar-refractivity contribution in [3.63, 3.8) is 0 Å². The summed E-state index contributed by atoms with van der Waals surface area (Å²) in [6.07, 6.45) is 6.44. The standard InChI is InChI=1S/C15H23N3O2/c1-12-14(10-16-20-12)11-17-6-8-18(9-7-17)15(19)13-4-2-3-5-13/h10,13H,2-9,11H2,1H3. The Morgan fingerprint density at radius 2 is 2.00 bits per heavy atom. The number of amides is 1. The average molecular weight is 277 g/mol. The lowest BCUT2D eigenvalue weighted by atomic mass is 10.1. The van der Waals surface area contributed by atoms with Gasteiger partial charge in [-0.15, -0.1) is 0 Å². The predicted octanol–water partition coefficient (Wildman–Crippen LogP) is 1.82. The van der Waals surface area contributed by atoms with Gasteiger partial charge in [-0.25, -0.2) is 0 Å². The van der Waals surface area contributed by atoms with Gasteiger partial charge < -0.3 is 9.42 Å². The van der Waals surface area contributed by atoms with Crippen LogP contribution in [0.4, 0.5) is 0 Å². The number of rotatable bonds is 3. The molecule has 0 atom stereocenters. The monoisotopic (exact) mass is 277 g/mol. The fraction of sp³-hybridized carbons (Fsp3) is 0.733. The zero-order valence-electron chi connectivity index (χ0n) is 12.2. The molecular weight excluding hydrogens is 254 g/mol. The van der Waals surface area contributed by atoms with Gasteiger partial charge in [-0.05, 0) is 19.8 Å². The molecule has 2 aliphatic rings. The number of carbonyl (C=O) groups is 1. The van der Waals surface area contributed by atoms with Gasteiger partial charge >= 0.3 is 0 Å². The zero-order chi connectivity index (χ0) is 13.9. The summed E-state index contributed by atoms with van der Waals surface area (Å²) in [7, 11) is 0. The minimum atomic E-state index is 0.307. The van der Waals surface area contributed by atoms with Crippen molar-refractivity contribution in [2.45, 2.75) is 39.2 Å². The van der Waals surface area contributed by atoms with Gasteiger partial charge in [0.15, 0.2) is 0 Å². The number of piperazine rings is 1. The van der Waals surface area contributed by atoms with Crippen LogP contribution in [0.15, 0.2) is 10.7 Å². The highest BCUT2D eigenvalue weighted by Gasteiger charge is 2.29. The Labute approximate surface area is 119 Å². The molecule has 0 N–H and O–H groups in total. The smallest absolute Gasteiger partial charge is 0.225 e. The highest BCUT2D eigenvalue weighted by Crippen LogP contribution is 2.27. The quantitative estimate of drug-likeness (QED) is 0.845. The van der Waals surface area contributed by atoms with E-state index in [2.05, 4.69) is 15.0 Å². The fourth-order valence-corrected chi connectivity index (χ4v) is 3.27. The first kappa shape index (κ1) is 13.6. The van der Waals surface area contributed by atoms with Crippen LogP contribution in [0, 0.1) is 12.8 Å². The van der Waals surface area contributed by atoms with E-state index in [4.69, 9.17) is 4.52 Å². The minimum absolute atomic E-state index is 0.307. The third-order valence-electron chi connectivity index (χ3n) is 4.63. The molecule has 0 unspecified atom stereocenters. The lowest BCUT2D eigenvalue weighted by molar-refractivity contribution is -0.137. The van der Waals surface area contributed by atoms with E-state index < -0.39 is 0 Å². The molecule has 3 rings (SSSR count). The molecule has 20 heavy (non-hydrogen) atoms. The van der Waals surface area contributed by atoms with E-state index in [1.54, 1.807) is 6.20 Å². The largest absolute Gasteiger partial charge is 0.361 e. The van der Waals surface area contributed by atoms with Crippen molar-refractivity contribution >= 4 is 5.91 Å². The van der Waals surface area contributed by atoms with Crippen LogP contribution in [0.3, 0.4) is 0 Å². The summed E-state index contributed by atoms with van der Waals surface area (Å²) in [6.45, 7) is 6.44. The van der Waals surface area contributed by atoms with E-state index in [0.717, 1.165) is 56.9 Å². The third kappa shape index (κ3) is 2.87. The van der Waals surface area contributed by atoms with Crippen LogP contribution < -0.4 is 0 Å². The number of hydrogen-bond acceptors (Lipinski definition) is 4. The van der Waals surface area contributed by atoms with Crippen LogP contribution in [0.25, 0.3) is 0 Å². The van der Waals surface area contributed by atoms with E-state index in [-0.39, 0.29) is 0 Å². The first-order valence-corrected chi connectivity index (χ1v) is 7.65. The molecule has 5 heteroatoms. The Kier molecular flexibility index (Phi) is 4.05. The summed E-state index contributed by atoms with van der Waals surface area (Å²) in [5.74, 6) is 1.60. The predicted molar refractivity (Wildman–Crippen MR) is 75.1 cm³/mol. The van der Waals surface area contributed by atoms with Crippen molar-refractivity contribution in [2.75, 3.05) is 26.2 Å². The highest BCUT2D eigenvalue weighted by atomic mass is 16.5. The molecule has 1 amide bonds. The molecule has 1 aliphatic heterocycles. The molecule has 2 heterocycles. The van der Waals surface area contributed by atoms with E-state index >= 15 is 0 Å². The molecule has 0 spiro atoms. The van der Waals surface area contributed by atoms with Gasteiger partial charge in [-0.2, -0.15) is 0 Å². The summed E-state index contributed by atoms with van der Waals surface area (Å²) >= 11 is 0. The topological polar surface area (TPSA) is 49.6 Å². The summed E-state index contributed by atoms with van der Waals surface area (Å²) in [5, 5.41) is 3.82. The van der Waals surface area contributed by atoms with Crippen LogP contribution in [0.5, 0.6) is 0 Å². The van der Waals surface area contributed by atoms with Gasteiger partial charge in [0, 0.05) is 44.2 Å². The van der Waals surface area contributed by atoms with E-state index in [0.29, 0.717) is 11.8 Å². The second-order valence-corrected chi connectivity index (χ2v) is 5.99. The summed E-state index contributed by atoms with van der Waals surface area (Å²) in [6, 6.07) is 0. The van der Waals surface area contributed by atoms with E-state index in [1.807, 2.05) is 6.92 Å². The molecule has 0 bridgehead atoms. The Hall–Kier alpha value is -1.36. The van der Waals surface area contributed by atoms with Crippen LogP contribution >= 0.6 is 0 Å². The molecule has 1 aliphatic carbocycles. The second-order valence-electron chi connectivity index (χ2n) is 5.99. The minimum Gasteiger partial charge on any atom is -0.361 e. The van der Waals surface area contributed by atoms with Crippen LogP contribution in [-0.4, -0.2) is 47.0 Å². The molecular formula is C15H23N3O2. The lowest BCUT2D eigenvalue weighted by Gasteiger charge is -2.35. The maximum absolute atomic E-state index is 12.4. The summed E-state index contributed by atoms with van der Waals surface area (Å²) in [4.78, 5) is 16.8. The summed E-state index contributed by atoms with van der Waals surface area (Å²) in [5.41, 5.74) is 1.15. The SMILES string of the molecule is Cc1oncc1CN1CCN(C(=O)C2CCCC2)CC1. The van der Waals surface area contributed by atoms with Crippen LogP contribution in [0.1, 0.15) is 37.0 Å². The van der Waals surface area contributed by atoms with Crippen molar-refractivity contribution in [1.29, 1.82) is 0 Å². The molecule has 0 aromatic carbocycles. The Morgan fingerprint density at radius 1 is 1.30 bits per heavy atom. The molecule has 2 fully saturated rings. The second kappa shape index (κ2) is 5.95. The van der Waals surface area contributed by atoms with Crippen molar-refractivity contribution in [2.24, 2.45) is 5.92 Å². The van der Waals surface area contributed by atoms with E-state index in [9.17, 15) is 4.79 Å². The van der Waals surface area contributed by atoms with Gasteiger partial charge in [0.25, 0.3) is 0 Å². The molecule has 110 valence electrons. The first-order valence-electron chi connectivity index (χ1n) is 7.65. The van der Waals surface area contributed by atoms with Crippen molar-refractivity contribution in [3.8, 4) is 0 Å². The zero-order valence-corrected chi connectivity index (χ0v) is 12.2. The van der Waals surface area contributed by atoms with E-state index in [1.165, 1.54) is 12.8 Å². The molecule has 1 saturated carbocycles. The van der Waals surface area contributed by atoms with Gasteiger partial charge in [0.1, 0.15) is 5.76 Å². The lowest BCUT2D eigenvalue weighted by Crippen LogP contribution is -2.49. The Morgan fingerprint density at radius 3 is 2.60 bits per heavy atom. The number of aromatic nitrogens is 1. The molecule has 0 radical (unpaired) electrons.